The first kappa shape index (κ1) is 12.8. The summed E-state index contributed by atoms with van der Waals surface area (Å²) < 4.78 is 0. The molecule has 0 saturated carbocycles. The predicted molar refractivity (Wildman–Crippen MR) is 66.4 cm³/mol. The normalized spacial score (nSPS) is 9.38. The second-order valence-electron chi connectivity index (χ2n) is 2.88. The molecule has 0 amide bonds. The van der Waals surface area contributed by atoms with E-state index in [2.05, 4.69) is 24.5 Å². The predicted octanol–water partition coefficient (Wildman–Crippen LogP) is 2.03. The summed E-state index contributed by atoms with van der Waals surface area (Å²) >= 11 is 10.2. The van der Waals surface area contributed by atoms with Gasteiger partial charge in [0.15, 0.2) is 0 Å². The van der Waals surface area contributed by atoms with Gasteiger partial charge in [-0.2, -0.15) is 0 Å². The number of thiocarbonyl (C=S) groups is 2. The Morgan fingerprint density at radius 1 is 0.923 bits per heavy atom. The molecule has 4 heteroatoms. The summed E-state index contributed by atoms with van der Waals surface area (Å²) in [7, 11) is 0. The Bertz CT molecular complexity index is 151. The van der Waals surface area contributed by atoms with Crippen LogP contribution in [-0.2, 0) is 0 Å². The second kappa shape index (κ2) is 8.38. The number of nitrogens with one attached hydrogen (secondary N) is 2. The fourth-order valence-corrected chi connectivity index (χ4v) is 1.38. The molecule has 0 rings (SSSR count). The van der Waals surface area contributed by atoms with E-state index in [0.717, 1.165) is 35.9 Å². The van der Waals surface area contributed by atoms with Crippen LogP contribution >= 0.6 is 24.4 Å². The number of hydrogen-bond acceptors (Lipinski definition) is 2. The molecule has 0 unspecified atom stereocenters. The molecule has 0 fully saturated rings. The van der Waals surface area contributed by atoms with Crippen LogP contribution in [0.2, 0.25) is 0 Å². The monoisotopic (exact) mass is 218 g/mol. The largest absolute Gasteiger partial charge is 0.379 e. The molecule has 0 radical (unpaired) electrons. The molecule has 0 aliphatic heterocycles. The molecule has 0 heterocycles. The third-order valence-electron chi connectivity index (χ3n) is 1.47. The zero-order valence-electron chi connectivity index (χ0n) is 8.35. The summed E-state index contributed by atoms with van der Waals surface area (Å²) in [4.78, 5) is 1.69. The molecule has 2 N–H and O–H groups in total. The molecule has 0 atom stereocenters. The van der Waals surface area contributed by atoms with E-state index in [1.165, 1.54) is 0 Å². The Morgan fingerprint density at radius 3 is 1.62 bits per heavy atom. The minimum atomic E-state index is 0.685. The van der Waals surface area contributed by atoms with Crippen molar-refractivity contribution < 1.29 is 0 Å². The molecule has 0 aromatic carbocycles. The lowest BCUT2D eigenvalue weighted by Crippen LogP contribution is -2.30. The summed E-state index contributed by atoms with van der Waals surface area (Å²) in [5, 5.41) is 6.29. The van der Waals surface area contributed by atoms with E-state index in [-0.39, 0.29) is 0 Å². The van der Waals surface area contributed by atoms with E-state index >= 15 is 0 Å². The highest BCUT2D eigenvalue weighted by molar-refractivity contribution is 7.82. The highest BCUT2D eigenvalue weighted by Gasteiger charge is 1.99. The van der Waals surface area contributed by atoms with Gasteiger partial charge < -0.3 is 10.6 Å². The van der Waals surface area contributed by atoms with Crippen LogP contribution in [0, 0.1) is 0 Å². The van der Waals surface area contributed by atoms with Gasteiger partial charge >= 0.3 is 0 Å². The minimum Gasteiger partial charge on any atom is -0.379 e. The first-order valence-corrected chi connectivity index (χ1v) is 5.55. The Morgan fingerprint density at radius 2 is 1.31 bits per heavy atom. The summed E-state index contributed by atoms with van der Waals surface area (Å²) in [6.45, 7) is 6.11. The van der Waals surface area contributed by atoms with Crippen LogP contribution in [-0.4, -0.2) is 23.1 Å². The van der Waals surface area contributed by atoms with Crippen molar-refractivity contribution in [3.05, 3.63) is 0 Å². The average Bonchev–Trinajstić information content (AvgIpc) is 2.11. The SMILES string of the molecule is CCCNC(=S)CC(=S)NCCC. The summed E-state index contributed by atoms with van der Waals surface area (Å²) in [6, 6.07) is 0. The van der Waals surface area contributed by atoms with Gasteiger partial charge in [0.2, 0.25) is 0 Å². The molecule has 76 valence electrons. The van der Waals surface area contributed by atoms with Crippen LogP contribution in [0.1, 0.15) is 33.1 Å². The number of rotatable bonds is 6. The minimum absolute atomic E-state index is 0.685. The van der Waals surface area contributed by atoms with E-state index in [1.807, 2.05) is 0 Å². The fraction of sp³-hybridized carbons (Fsp3) is 0.778. The molecule has 13 heavy (non-hydrogen) atoms. The smallest absolute Gasteiger partial charge is 0.0821 e. The molecule has 0 aromatic heterocycles. The lowest BCUT2D eigenvalue weighted by Gasteiger charge is -2.08. The van der Waals surface area contributed by atoms with E-state index in [0.29, 0.717) is 6.42 Å². The summed E-state index contributed by atoms with van der Waals surface area (Å²) in [6.07, 6.45) is 2.87. The quantitative estimate of drug-likeness (QED) is 0.666. The van der Waals surface area contributed by atoms with Crippen LogP contribution < -0.4 is 10.6 Å². The highest BCUT2D eigenvalue weighted by atomic mass is 32.1. The van der Waals surface area contributed by atoms with Gasteiger partial charge in [-0.15, -0.1) is 0 Å². The van der Waals surface area contributed by atoms with Crippen molar-refractivity contribution in [2.75, 3.05) is 13.1 Å². The molecular weight excluding hydrogens is 200 g/mol. The lowest BCUT2D eigenvalue weighted by molar-refractivity contribution is 0.828. The Balaban J connectivity index is 3.47. The van der Waals surface area contributed by atoms with Gasteiger partial charge in [-0.1, -0.05) is 38.3 Å². The van der Waals surface area contributed by atoms with Crippen LogP contribution in [0.15, 0.2) is 0 Å². The Hall–Kier alpha value is -0.220. The highest BCUT2D eigenvalue weighted by Crippen LogP contribution is 1.87. The maximum Gasteiger partial charge on any atom is 0.0821 e. The molecule has 0 bridgehead atoms. The number of hydrogen-bond donors (Lipinski definition) is 2. The third kappa shape index (κ3) is 8.12. The van der Waals surface area contributed by atoms with Crippen molar-refractivity contribution in [1.29, 1.82) is 0 Å². The zero-order valence-corrected chi connectivity index (χ0v) is 9.99. The molecule has 0 spiro atoms. The maximum atomic E-state index is 5.11. The van der Waals surface area contributed by atoms with E-state index in [4.69, 9.17) is 24.4 Å². The topological polar surface area (TPSA) is 24.1 Å². The van der Waals surface area contributed by atoms with Gasteiger partial charge in [0.25, 0.3) is 0 Å². The fourth-order valence-electron chi connectivity index (χ4n) is 0.800. The average molecular weight is 218 g/mol. The van der Waals surface area contributed by atoms with Gasteiger partial charge in [0, 0.05) is 19.5 Å². The first-order valence-electron chi connectivity index (χ1n) is 4.74. The van der Waals surface area contributed by atoms with Gasteiger partial charge in [0.05, 0.1) is 9.98 Å². The molecule has 0 aliphatic carbocycles. The molecule has 0 aliphatic rings. The second-order valence-corrected chi connectivity index (χ2v) is 3.86. The maximum absolute atomic E-state index is 5.11. The van der Waals surface area contributed by atoms with Crippen molar-refractivity contribution in [3.63, 3.8) is 0 Å². The van der Waals surface area contributed by atoms with Crippen LogP contribution in [0.4, 0.5) is 0 Å². The van der Waals surface area contributed by atoms with Crippen LogP contribution in [0.5, 0.6) is 0 Å². The van der Waals surface area contributed by atoms with Crippen molar-refractivity contribution in [2.45, 2.75) is 33.1 Å². The summed E-state index contributed by atoms with van der Waals surface area (Å²) in [5.74, 6) is 0. The van der Waals surface area contributed by atoms with E-state index < -0.39 is 0 Å². The lowest BCUT2D eigenvalue weighted by atomic mass is 10.3. The van der Waals surface area contributed by atoms with Crippen LogP contribution in [0.25, 0.3) is 0 Å². The standard InChI is InChI=1S/C9H18N2S2/c1-3-5-10-8(12)7-9(13)11-6-4-2/h3-7H2,1-2H3,(H,10,12)(H,11,13). The summed E-state index contributed by atoms with van der Waals surface area (Å²) in [5.41, 5.74) is 0. The Kier molecular flexibility index (Phi) is 8.24. The zero-order chi connectivity index (χ0) is 10.1. The van der Waals surface area contributed by atoms with E-state index in [1.54, 1.807) is 0 Å². The van der Waals surface area contributed by atoms with Crippen LogP contribution in [0.3, 0.4) is 0 Å². The Labute approximate surface area is 91.5 Å². The molecular formula is C9H18N2S2. The van der Waals surface area contributed by atoms with Gasteiger partial charge in [0.1, 0.15) is 0 Å². The van der Waals surface area contributed by atoms with Gasteiger partial charge in [-0.25, -0.2) is 0 Å². The first-order chi connectivity index (χ1) is 6.20. The van der Waals surface area contributed by atoms with Crippen molar-refractivity contribution in [2.24, 2.45) is 0 Å². The van der Waals surface area contributed by atoms with Gasteiger partial charge in [-0.3, -0.25) is 0 Å². The molecule has 0 saturated heterocycles. The van der Waals surface area contributed by atoms with Crippen molar-refractivity contribution >= 4 is 34.4 Å². The molecule has 2 nitrogen and oxygen atoms in total. The third-order valence-corrected chi connectivity index (χ3v) is 2.04. The van der Waals surface area contributed by atoms with E-state index in [9.17, 15) is 0 Å². The van der Waals surface area contributed by atoms with Crippen molar-refractivity contribution in [3.8, 4) is 0 Å². The van der Waals surface area contributed by atoms with Gasteiger partial charge in [-0.05, 0) is 12.8 Å². The molecule has 0 aromatic rings. The van der Waals surface area contributed by atoms with Crippen molar-refractivity contribution in [1.82, 2.24) is 10.6 Å².